The van der Waals surface area contributed by atoms with Gasteiger partial charge in [-0.15, -0.1) is 0 Å². The summed E-state index contributed by atoms with van der Waals surface area (Å²) in [5.41, 5.74) is 5.82. The maximum atomic E-state index is 9.51. The summed E-state index contributed by atoms with van der Waals surface area (Å²) < 4.78 is 0. The zero-order valence-electron chi connectivity index (χ0n) is 7.23. The van der Waals surface area contributed by atoms with E-state index in [2.05, 4.69) is 0 Å². The second-order valence-corrected chi connectivity index (χ2v) is 3.07. The highest BCUT2D eigenvalue weighted by Crippen LogP contribution is 2.38. The molecule has 4 nitrogen and oxygen atoms in total. The number of rotatable bonds is 0. The number of hydrogen-bond donors (Lipinski definition) is 4. The third-order valence-corrected chi connectivity index (χ3v) is 2.07. The highest BCUT2D eigenvalue weighted by Gasteiger charge is 2.09. The molecule has 5 N–H and O–H groups in total. The van der Waals surface area contributed by atoms with Crippen LogP contribution in [0.15, 0.2) is 24.3 Å². The van der Waals surface area contributed by atoms with Crippen molar-refractivity contribution in [1.82, 2.24) is 0 Å². The van der Waals surface area contributed by atoms with E-state index in [1.165, 1.54) is 24.3 Å². The van der Waals surface area contributed by atoms with Crippen molar-refractivity contribution in [3.8, 4) is 17.2 Å². The summed E-state index contributed by atoms with van der Waals surface area (Å²) in [6.45, 7) is 0. The number of phenols is 3. The Morgan fingerprint density at radius 3 is 2.21 bits per heavy atom. The molecule has 0 unspecified atom stereocenters. The molecule has 0 saturated carbocycles. The second-order valence-electron chi connectivity index (χ2n) is 3.07. The minimum atomic E-state index is -0.145. The first-order valence-electron chi connectivity index (χ1n) is 4.02. The van der Waals surface area contributed by atoms with Gasteiger partial charge in [0.15, 0.2) is 0 Å². The number of nitrogen functional groups attached to an aromatic ring is 1. The molecule has 0 aliphatic carbocycles. The lowest BCUT2D eigenvalue weighted by atomic mass is 10.1. The van der Waals surface area contributed by atoms with Crippen LogP contribution in [0, 0.1) is 0 Å². The first kappa shape index (κ1) is 8.50. The Bertz CT molecular complexity index is 508. The molecule has 0 spiro atoms. The average Bonchev–Trinajstić information content (AvgIpc) is 2.10. The van der Waals surface area contributed by atoms with Crippen LogP contribution in [0.5, 0.6) is 17.2 Å². The van der Waals surface area contributed by atoms with E-state index in [0.29, 0.717) is 11.1 Å². The molecule has 4 heteroatoms. The molecule has 0 saturated heterocycles. The van der Waals surface area contributed by atoms with Crippen molar-refractivity contribution in [2.75, 3.05) is 5.73 Å². The minimum absolute atomic E-state index is 0.0274. The Hall–Kier alpha value is -2.10. The zero-order chi connectivity index (χ0) is 10.3. The molecule has 2 aromatic rings. The van der Waals surface area contributed by atoms with Crippen LogP contribution < -0.4 is 5.73 Å². The van der Waals surface area contributed by atoms with Gasteiger partial charge in [-0.2, -0.15) is 0 Å². The highest BCUT2D eigenvalue weighted by atomic mass is 16.3. The molecule has 0 aliphatic heterocycles. The smallest absolute Gasteiger partial charge is 0.129 e. The number of anilines is 1. The van der Waals surface area contributed by atoms with E-state index in [-0.39, 0.29) is 22.6 Å². The van der Waals surface area contributed by atoms with Gasteiger partial charge in [0.05, 0.1) is 5.39 Å². The van der Waals surface area contributed by atoms with Crippen LogP contribution in [0.1, 0.15) is 0 Å². The molecule has 72 valence electrons. The molecule has 0 aliphatic rings. The fourth-order valence-corrected chi connectivity index (χ4v) is 1.45. The molecule has 0 bridgehead atoms. The summed E-state index contributed by atoms with van der Waals surface area (Å²) in [5, 5.41) is 29.0. The standard InChI is InChI=1S/C10H9NO3/c11-5-3-6-7(12)1-2-8(13)10(6)9(14)4-5/h1-4,12-14H,11H2. The van der Waals surface area contributed by atoms with E-state index in [4.69, 9.17) is 5.73 Å². The Balaban J connectivity index is 3.00. The van der Waals surface area contributed by atoms with Crippen molar-refractivity contribution in [2.45, 2.75) is 0 Å². The fourth-order valence-electron chi connectivity index (χ4n) is 1.45. The minimum Gasteiger partial charge on any atom is -0.507 e. The molecular formula is C10H9NO3. The molecule has 0 fully saturated rings. The van der Waals surface area contributed by atoms with Gasteiger partial charge in [0.25, 0.3) is 0 Å². The molecule has 0 aromatic heterocycles. The number of benzene rings is 2. The van der Waals surface area contributed by atoms with Crippen molar-refractivity contribution in [3.63, 3.8) is 0 Å². The Kier molecular flexibility index (Phi) is 1.64. The summed E-state index contributed by atoms with van der Waals surface area (Å²) in [5.74, 6) is -0.260. The van der Waals surface area contributed by atoms with Crippen LogP contribution in [0.2, 0.25) is 0 Å². The largest absolute Gasteiger partial charge is 0.507 e. The summed E-state index contributed by atoms with van der Waals surface area (Å²) in [4.78, 5) is 0. The highest BCUT2D eigenvalue weighted by molar-refractivity contribution is 5.99. The molecule has 0 amide bonds. The van der Waals surface area contributed by atoms with Crippen LogP contribution in [0.4, 0.5) is 5.69 Å². The predicted octanol–water partition coefficient (Wildman–Crippen LogP) is 1.54. The van der Waals surface area contributed by atoms with Crippen molar-refractivity contribution >= 4 is 16.5 Å². The van der Waals surface area contributed by atoms with Gasteiger partial charge in [-0.3, -0.25) is 0 Å². The predicted molar refractivity (Wildman–Crippen MR) is 53.4 cm³/mol. The molecule has 2 rings (SSSR count). The zero-order valence-corrected chi connectivity index (χ0v) is 7.23. The van der Waals surface area contributed by atoms with Gasteiger partial charge >= 0.3 is 0 Å². The van der Waals surface area contributed by atoms with E-state index in [0.717, 1.165) is 0 Å². The van der Waals surface area contributed by atoms with Crippen LogP contribution in [0.3, 0.4) is 0 Å². The lowest BCUT2D eigenvalue weighted by Crippen LogP contribution is -1.85. The molecule has 2 aromatic carbocycles. The quantitative estimate of drug-likeness (QED) is 0.375. The maximum absolute atomic E-state index is 9.51. The van der Waals surface area contributed by atoms with Crippen molar-refractivity contribution in [1.29, 1.82) is 0 Å². The molecule has 0 atom stereocenters. The van der Waals surface area contributed by atoms with Crippen LogP contribution in [0.25, 0.3) is 10.8 Å². The van der Waals surface area contributed by atoms with Gasteiger partial charge in [-0.05, 0) is 18.2 Å². The van der Waals surface area contributed by atoms with E-state index in [9.17, 15) is 15.3 Å². The summed E-state index contributed by atoms with van der Waals surface area (Å²) in [7, 11) is 0. The van der Waals surface area contributed by atoms with Gasteiger partial charge < -0.3 is 21.1 Å². The molecule has 0 heterocycles. The van der Waals surface area contributed by atoms with Gasteiger partial charge in [-0.25, -0.2) is 0 Å². The van der Waals surface area contributed by atoms with Crippen LogP contribution in [-0.4, -0.2) is 15.3 Å². The molecule has 14 heavy (non-hydrogen) atoms. The molecule has 0 radical (unpaired) electrons. The van der Waals surface area contributed by atoms with Gasteiger partial charge in [0.2, 0.25) is 0 Å². The lowest BCUT2D eigenvalue weighted by Gasteiger charge is -2.06. The van der Waals surface area contributed by atoms with Gasteiger partial charge in [0, 0.05) is 17.1 Å². The van der Waals surface area contributed by atoms with Crippen molar-refractivity contribution < 1.29 is 15.3 Å². The third kappa shape index (κ3) is 1.08. The lowest BCUT2D eigenvalue weighted by molar-refractivity contribution is 0.457. The van der Waals surface area contributed by atoms with E-state index in [1.54, 1.807) is 0 Å². The Morgan fingerprint density at radius 2 is 1.50 bits per heavy atom. The first-order valence-corrected chi connectivity index (χ1v) is 4.02. The average molecular weight is 191 g/mol. The normalized spacial score (nSPS) is 10.6. The maximum Gasteiger partial charge on any atom is 0.129 e. The summed E-state index contributed by atoms with van der Waals surface area (Å²) in [6.07, 6.45) is 0. The number of fused-ring (bicyclic) bond motifs is 1. The topological polar surface area (TPSA) is 86.7 Å². The monoisotopic (exact) mass is 191 g/mol. The fraction of sp³-hybridized carbons (Fsp3) is 0. The first-order chi connectivity index (χ1) is 6.59. The SMILES string of the molecule is Nc1cc(O)c2c(O)ccc(O)c2c1. The van der Waals surface area contributed by atoms with Crippen molar-refractivity contribution in [2.24, 2.45) is 0 Å². The van der Waals surface area contributed by atoms with E-state index < -0.39 is 0 Å². The number of phenolic OH excluding ortho intramolecular Hbond substituents is 3. The Labute approximate surface area is 79.8 Å². The van der Waals surface area contributed by atoms with Crippen LogP contribution in [-0.2, 0) is 0 Å². The second kappa shape index (κ2) is 2.70. The summed E-state index contributed by atoms with van der Waals surface area (Å²) in [6, 6.07) is 5.47. The van der Waals surface area contributed by atoms with Crippen molar-refractivity contribution in [3.05, 3.63) is 24.3 Å². The summed E-state index contributed by atoms with van der Waals surface area (Å²) >= 11 is 0. The number of aromatic hydroxyl groups is 3. The number of nitrogens with two attached hydrogens (primary N) is 1. The van der Waals surface area contributed by atoms with E-state index in [1.807, 2.05) is 0 Å². The van der Waals surface area contributed by atoms with Gasteiger partial charge in [0.1, 0.15) is 17.2 Å². The molecular weight excluding hydrogens is 182 g/mol. The third-order valence-electron chi connectivity index (χ3n) is 2.07. The Morgan fingerprint density at radius 1 is 0.857 bits per heavy atom. The number of hydrogen-bond acceptors (Lipinski definition) is 4. The van der Waals surface area contributed by atoms with Crippen LogP contribution >= 0.6 is 0 Å². The van der Waals surface area contributed by atoms with Gasteiger partial charge in [-0.1, -0.05) is 0 Å². The van der Waals surface area contributed by atoms with E-state index >= 15 is 0 Å².